The molecule has 1 saturated carbocycles. The molecule has 1 aliphatic carbocycles. The summed E-state index contributed by atoms with van der Waals surface area (Å²) in [5, 5.41) is 3.24. The summed E-state index contributed by atoms with van der Waals surface area (Å²) in [6, 6.07) is 3.38. The standard InChI is InChI=1S/C18H19ClF3NO2/c1-9-7-12(19)8-10(2)13(9)14-15(24)17(23-16(14)25)5-3-11(4-6-17)18(20,21)22/h7-8,11,14H,3-6H2,1-2H3,(H,23,25). The van der Waals surface area contributed by atoms with Gasteiger partial charge in [-0.25, -0.2) is 0 Å². The van der Waals surface area contributed by atoms with Gasteiger partial charge in [-0.15, -0.1) is 0 Å². The molecule has 0 radical (unpaired) electrons. The van der Waals surface area contributed by atoms with Crippen LogP contribution in [-0.2, 0) is 9.59 Å². The molecule has 1 saturated heterocycles. The molecule has 1 amide bonds. The van der Waals surface area contributed by atoms with Crippen LogP contribution in [0.5, 0.6) is 0 Å². The molecule has 1 atom stereocenters. The smallest absolute Gasteiger partial charge is 0.343 e. The van der Waals surface area contributed by atoms with Crippen LogP contribution in [0.2, 0.25) is 5.02 Å². The maximum Gasteiger partial charge on any atom is 0.391 e. The quantitative estimate of drug-likeness (QED) is 0.749. The fraction of sp³-hybridized carbons (Fsp3) is 0.556. The van der Waals surface area contributed by atoms with Gasteiger partial charge in [0.2, 0.25) is 5.91 Å². The van der Waals surface area contributed by atoms with Gasteiger partial charge in [-0.05, 0) is 68.4 Å². The van der Waals surface area contributed by atoms with Gasteiger partial charge >= 0.3 is 6.18 Å². The number of rotatable bonds is 1. The molecular weight excluding hydrogens is 355 g/mol. The molecule has 1 unspecified atom stereocenters. The summed E-state index contributed by atoms with van der Waals surface area (Å²) in [6.07, 6.45) is -4.47. The molecule has 1 aliphatic heterocycles. The summed E-state index contributed by atoms with van der Waals surface area (Å²) in [5.74, 6) is -3.11. The topological polar surface area (TPSA) is 46.2 Å². The number of halogens is 4. The summed E-state index contributed by atoms with van der Waals surface area (Å²) >= 11 is 6.01. The molecule has 3 nitrogen and oxygen atoms in total. The lowest BCUT2D eigenvalue weighted by Gasteiger charge is -2.36. The molecule has 1 aromatic carbocycles. The average molecular weight is 374 g/mol. The van der Waals surface area contributed by atoms with E-state index >= 15 is 0 Å². The number of nitrogens with one attached hydrogen (secondary N) is 1. The first-order valence-corrected chi connectivity index (χ1v) is 8.63. The second-order valence-corrected chi connectivity index (χ2v) is 7.57. The van der Waals surface area contributed by atoms with Crippen LogP contribution in [0.3, 0.4) is 0 Å². The lowest BCUT2D eigenvalue weighted by Crippen LogP contribution is -2.50. The first-order valence-electron chi connectivity index (χ1n) is 8.25. The molecule has 2 fully saturated rings. The number of aryl methyl sites for hydroxylation is 2. The molecule has 1 N–H and O–H groups in total. The normalized spacial score (nSPS) is 30.0. The molecule has 2 aliphatic rings. The van der Waals surface area contributed by atoms with E-state index in [9.17, 15) is 22.8 Å². The van der Waals surface area contributed by atoms with E-state index in [1.54, 1.807) is 26.0 Å². The van der Waals surface area contributed by atoms with Crippen LogP contribution in [0, 0.1) is 19.8 Å². The monoisotopic (exact) mass is 373 g/mol. The number of Topliss-reactive ketones (excluding diaryl/α,β-unsaturated/α-hetero) is 1. The molecular formula is C18H19ClF3NO2. The van der Waals surface area contributed by atoms with E-state index in [2.05, 4.69) is 5.32 Å². The molecule has 7 heteroatoms. The number of carbonyl (C=O) groups excluding carboxylic acids is 2. The molecule has 0 bridgehead atoms. The van der Waals surface area contributed by atoms with Crippen molar-refractivity contribution in [2.24, 2.45) is 5.92 Å². The van der Waals surface area contributed by atoms with Crippen LogP contribution < -0.4 is 5.32 Å². The maximum atomic E-state index is 13.0. The Morgan fingerprint density at radius 1 is 1.12 bits per heavy atom. The molecule has 0 aromatic heterocycles. The molecule has 136 valence electrons. The summed E-state index contributed by atoms with van der Waals surface area (Å²) < 4.78 is 38.7. The summed E-state index contributed by atoms with van der Waals surface area (Å²) in [7, 11) is 0. The van der Waals surface area contributed by atoms with Crippen molar-refractivity contribution in [2.75, 3.05) is 0 Å². The number of benzene rings is 1. The first kappa shape index (κ1) is 18.2. The van der Waals surface area contributed by atoms with E-state index in [0.717, 1.165) is 11.1 Å². The van der Waals surface area contributed by atoms with E-state index in [-0.39, 0.29) is 31.5 Å². The van der Waals surface area contributed by atoms with Gasteiger partial charge in [-0.1, -0.05) is 11.6 Å². The van der Waals surface area contributed by atoms with E-state index in [4.69, 9.17) is 11.6 Å². The number of hydrogen-bond donors (Lipinski definition) is 1. The third kappa shape index (κ3) is 3.05. The zero-order chi connectivity index (χ0) is 18.6. The Hall–Kier alpha value is -1.56. The van der Waals surface area contributed by atoms with Crippen LogP contribution in [0.25, 0.3) is 0 Å². The SMILES string of the molecule is Cc1cc(Cl)cc(C)c1C1C(=O)NC2(CCC(C(F)(F)F)CC2)C1=O. The lowest BCUT2D eigenvalue weighted by atomic mass is 9.72. The van der Waals surface area contributed by atoms with E-state index in [0.29, 0.717) is 10.6 Å². The Morgan fingerprint density at radius 2 is 1.64 bits per heavy atom. The zero-order valence-electron chi connectivity index (χ0n) is 14.0. The zero-order valence-corrected chi connectivity index (χ0v) is 14.7. The number of alkyl halides is 3. The van der Waals surface area contributed by atoms with Crippen LogP contribution in [0.1, 0.15) is 48.3 Å². The number of carbonyl (C=O) groups is 2. The van der Waals surface area contributed by atoms with Gasteiger partial charge < -0.3 is 5.32 Å². The third-order valence-electron chi connectivity index (χ3n) is 5.51. The van der Waals surface area contributed by atoms with Crippen molar-refractivity contribution in [1.82, 2.24) is 5.32 Å². The van der Waals surface area contributed by atoms with Crippen molar-refractivity contribution in [2.45, 2.75) is 57.2 Å². The summed E-state index contributed by atoms with van der Waals surface area (Å²) in [4.78, 5) is 25.6. The molecule has 1 spiro atoms. The highest BCUT2D eigenvalue weighted by atomic mass is 35.5. The Labute approximate surface area is 148 Å². The van der Waals surface area contributed by atoms with Gasteiger partial charge in [0.25, 0.3) is 0 Å². The van der Waals surface area contributed by atoms with E-state index in [1.165, 1.54) is 0 Å². The first-order chi connectivity index (χ1) is 11.5. The molecule has 25 heavy (non-hydrogen) atoms. The van der Waals surface area contributed by atoms with Crippen LogP contribution in [0.4, 0.5) is 13.2 Å². The average Bonchev–Trinajstić information content (AvgIpc) is 2.70. The number of hydrogen-bond acceptors (Lipinski definition) is 2. The Morgan fingerprint density at radius 3 is 2.12 bits per heavy atom. The Balaban J connectivity index is 1.90. The van der Waals surface area contributed by atoms with Gasteiger partial charge in [-0.2, -0.15) is 13.2 Å². The number of amides is 1. The number of ketones is 1. The highest BCUT2D eigenvalue weighted by molar-refractivity contribution is 6.30. The van der Waals surface area contributed by atoms with Gasteiger partial charge in [0.15, 0.2) is 5.78 Å². The predicted octanol–water partition coefficient (Wildman–Crippen LogP) is 4.23. The summed E-state index contributed by atoms with van der Waals surface area (Å²) in [5.41, 5.74) is 0.919. The van der Waals surface area contributed by atoms with Gasteiger partial charge in [-0.3, -0.25) is 9.59 Å². The van der Waals surface area contributed by atoms with Crippen molar-refractivity contribution < 1.29 is 22.8 Å². The van der Waals surface area contributed by atoms with Crippen LogP contribution in [-0.4, -0.2) is 23.4 Å². The van der Waals surface area contributed by atoms with Crippen molar-refractivity contribution in [3.05, 3.63) is 33.8 Å². The van der Waals surface area contributed by atoms with Crippen LogP contribution in [0.15, 0.2) is 12.1 Å². The second-order valence-electron chi connectivity index (χ2n) is 7.14. The highest BCUT2D eigenvalue weighted by Gasteiger charge is 2.56. The predicted molar refractivity (Wildman–Crippen MR) is 87.6 cm³/mol. The largest absolute Gasteiger partial charge is 0.391 e. The van der Waals surface area contributed by atoms with Gasteiger partial charge in [0, 0.05) is 5.02 Å². The Bertz CT molecular complexity index is 713. The van der Waals surface area contributed by atoms with Crippen LogP contribution >= 0.6 is 11.6 Å². The highest BCUT2D eigenvalue weighted by Crippen LogP contribution is 2.46. The minimum absolute atomic E-state index is 0.0317. The molecule has 3 rings (SSSR count). The van der Waals surface area contributed by atoms with E-state index in [1.807, 2.05) is 0 Å². The third-order valence-corrected chi connectivity index (χ3v) is 5.73. The minimum Gasteiger partial charge on any atom is -0.343 e. The Kier molecular flexibility index (Phi) is 4.38. The second kappa shape index (κ2) is 6.01. The van der Waals surface area contributed by atoms with Gasteiger partial charge in [0.1, 0.15) is 5.92 Å². The van der Waals surface area contributed by atoms with Gasteiger partial charge in [0.05, 0.1) is 11.5 Å². The molecule has 1 heterocycles. The van der Waals surface area contributed by atoms with E-state index < -0.39 is 29.5 Å². The van der Waals surface area contributed by atoms with Crippen molar-refractivity contribution in [3.63, 3.8) is 0 Å². The summed E-state index contributed by atoms with van der Waals surface area (Å²) in [6.45, 7) is 3.56. The fourth-order valence-electron chi connectivity index (χ4n) is 4.21. The molecule has 1 aromatic rings. The minimum atomic E-state index is -4.25. The fourth-order valence-corrected chi connectivity index (χ4v) is 4.54. The maximum absolute atomic E-state index is 13.0. The lowest BCUT2D eigenvalue weighted by molar-refractivity contribution is -0.185. The van der Waals surface area contributed by atoms with Crippen molar-refractivity contribution in [1.29, 1.82) is 0 Å². The van der Waals surface area contributed by atoms with Crippen molar-refractivity contribution in [3.8, 4) is 0 Å². The van der Waals surface area contributed by atoms with Crippen molar-refractivity contribution >= 4 is 23.3 Å².